The third-order valence-electron chi connectivity index (χ3n) is 4.88. The Labute approximate surface area is 169 Å². The van der Waals surface area contributed by atoms with Gasteiger partial charge in [-0.1, -0.05) is 29.5 Å². The smallest absolute Gasteiger partial charge is 0.197 e. The molecule has 0 aliphatic carbocycles. The van der Waals surface area contributed by atoms with Crippen molar-refractivity contribution in [3.05, 3.63) is 48.0 Å². The summed E-state index contributed by atoms with van der Waals surface area (Å²) >= 11 is 1.74. The number of fused-ring (bicyclic) bond motifs is 3. The average molecular weight is 395 g/mol. The zero-order valence-electron chi connectivity index (χ0n) is 16.8. The van der Waals surface area contributed by atoms with E-state index in [2.05, 4.69) is 78.1 Å². The maximum Gasteiger partial charge on any atom is 0.197 e. The fraction of sp³-hybridized carbons (Fsp3) is 0.318. The normalized spacial score (nSPS) is 11.4. The van der Waals surface area contributed by atoms with Gasteiger partial charge in [0.15, 0.2) is 4.96 Å². The van der Waals surface area contributed by atoms with E-state index in [4.69, 9.17) is 9.72 Å². The number of hydrogen-bond donors (Lipinski definition) is 1. The topological polar surface area (TPSA) is 41.8 Å². The van der Waals surface area contributed by atoms with E-state index in [0.29, 0.717) is 0 Å². The quantitative estimate of drug-likeness (QED) is 0.446. The first-order valence-corrected chi connectivity index (χ1v) is 10.3. The molecular formula is C22H26N4OS. The molecule has 1 N–H and O–H groups in total. The van der Waals surface area contributed by atoms with Crippen LogP contribution < -0.4 is 10.2 Å². The summed E-state index contributed by atoms with van der Waals surface area (Å²) in [6, 6.07) is 15.2. The van der Waals surface area contributed by atoms with Crippen LogP contribution in [0.3, 0.4) is 0 Å². The molecule has 0 saturated carbocycles. The van der Waals surface area contributed by atoms with Gasteiger partial charge >= 0.3 is 0 Å². The lowest BCUT2D eigenvalue weighted by molar-refractivity contribution is 0.198. The highest BCUT2D eigenvalue weighted by Crippen LogP contribution is 2.36. The molecule has 2 aromatic heterocycles. The van der Waals surface area contributed by atoms with Crippen LogP contribution in [0.15, 0.2) is 42.5 Å². The molecule has 0 atom stereocenters. The standard InChI is InChI=1S/C22H26N4OS/c1-15-6-11-18-19(14-15)28-22-24-20(16-7-9-17(10-8-16)25(2)3)21(26(18)22)23-12-5-13-27-4/h6-11,14,23H,5,12-13H2,1-4H3. The van der Waals surface area contributed by atoms with Crippen LogP contribution in [0.2, 0.25) is 0 Å². The molecule has 0 saturated heterocycles. The van der Waals surface area contributed by atoms with Crippen LogP contribution in [0.4, 0.5) is 11.5 Å². The molecular weight excluding hydrogens is 368 g/mol. The summed E-state index contributed by atoms with van der Waals surface area (Å²) in [5.41, 5.74) is 5.77. The van der Waals surface area contributed by atoms with Gasteiger partial charge in [-0.2, -0.15) is 0 Å². The first kappa shape index (κ1) is 18.8. The Balaban J connectivity index is 1.82. The van der Waals surface area contributed by atoms with Gasteiger partial charge in [0.05, 0.1) is 10.2 Å². The summed E-state index contributed by atoms with van der Waals surface area (Å²) in [5, 5.41) is 3.62. The van der Waals surface area contributed by atoms with Gasteiger partial charge in [0.2, 0.25) is 0 Å². The number of methoxy groups -OCH3 is 1. The van der Waals surface area contributed by atoms with Crippen molar-refractivity contribution < 1.29 is 4.74 Å². The van der Waals surface area contributed by atoms with Gasteiger partial charge in [-0.05, 0) is 43.2 Å². The molecule has 0 aliphatic rings. The van der Waals surface area contributed by atoms with Crippen molar-refractivity contribution in [2.24, 2.45) is 0 Å². The summed E-state index contributed by atoms with van der Waals surface area (Å²) in [6.45, 7) is 3.71. The number of nitrogens with one attached hydrogen (secondary N) is 1. The second-order valence-electron chi connectivity index (χ2n) is 7.21. The lowest BCUT2D eigenvalue weighted by atomic mass is 10.1. The van der Waals surface area contributed by atoms with Crippen molar-refractivity contribution in [2.75, 3.05) is 44.6 Å². The summed E-state index contributed by atoms with van der Waals surface area (Å²) in [6.07, 6.45) is 0.948. The summed E-state index contributed by atoms with van der Waals surface area (Å²) in [4.78, 5) is 8.12. The van der Waals surface area contributed by atoms with Gasteiger partial charge in [0, 0.05) is 45.6 Å². The van der Waals surface area contributed by atoms with E-state index < -0.39 is 0 Å². The molecule has 0 radical (unpaired) electrons. The SMILES string of the molecule is COCCCNc1c(-c2ccc(N(C)C)cc2)nc2sc3cc(C)ccc3n12. The number of thiazole rings is 1. The maximum absolute atomic E-state index is 5.20. The molecule has 0 spiro atoms. The molecule has 0 bridgehead atoms. The van der Waals surface area contributed by atoms with Crippen LogP contribution in [0.1, 0.15) is 12.0 Å². The summed E-state index contributed by atoms with van der Waals surface area (Å²) in [7, 11) is 5.85. The fourth-order valence-corrected chi connectivity index (χ4v) is 4.51. The van der Waals surface area contributed by atoms with Crippen molar-refractivity contribution in [3.8, 4) is 11.3 Å². The van der Waals surface area contributed by atoms with Gasteiger partial charge in [-0.15, -0.1) is 0 Å². The van der Waals surface area contributed by atoms with E-state index in [1.807, 2.05) is 0 Å². The lowest BCUT2D eigenvalue weighted by Crippen LogP contribution is -2.08. The van der Waals surface area contributed by atoms with Gasteiger partial charge < -0.3 is 15.0 Å². The number of anilines is 2. The molecule has 0 aliphatic heterocycles. The monoisotopic (exact) mass is 394 g/mol. The Bertz CT molecular complexity index is 1100. The van der Waals surface area contributed by atoms with Crippen LogP contribution in [0.5, 0.6) is 0 Å². The molecule has 0 amide bonds. The third-order valence-corrected chi connectivity index (χ3v) is 5.88. The first-order chi connectivity index (χ1) is 13.6. The predicted molar refractivity (Wildman–Crippen MR) is 120 cm³/mol. The predicted octanol–water partition coefficient (Wildman–Crippen LogP) is 5.04. The van der Waals surface area contributed by atoms with Crippen molar-refractivity contribution in [2.45, 2.75) is 13.3 Å². The first-order valence-electron chi connectivity index (χ1n) is 9.50. The minimum atomic E-state index is 0.741. The minimum Gasteiger partial charge on any atom is -0.385 e. The third kappa shape index (κ3) is 3.45. The number of hydrogen-bond acceptors (Lipinski definition) is 5. The van der Waals surface area contributed by atoms with Gasteiger partial charge in [0.1, 0.15) is 11.5 Å². The Kier molecular flexibility index (Phi) is 5.24. The van der Waals surface area contributed by atoms with E-state index in [1.165, 1.54) is 21.5 Å². The molecule has 6 heteroatoms. The Morgan fingerprint density at radius 3 is 2.64 bits per heavy atom. The molecule has 2 heterocycles. The van der Waals surface area contributed by atoms with Crippen molar-refractivity contribution >= 4 is 38.0 Å². The summed E-state index contributed by atoms with van der Waals surface area (Å²) in [5.74, 6) is 1.05. The second kappa shape index (κ2) is 7.81. The van der Waals surface area contributed by atoms with Gasteiger partial charge in [-0.3, -0.25) is 4.40 Å². The number of ether oxygens (including phenoxy) is 1. The number of aryl methyl sites for hydroxylation is 1. The molecule has 4 rings (SSSR count). The highest BCUT2D eigenvalue weighted by molar-refractivity contribution is 7.23. The molecule has 146 valence electrons. The van der Waals surface area contributed by atoms with E-state index >= 15 is 0 Å². The highest BCUT2D eigenvalue weighted by Gasteiger charge is 2.18. The Morgan fingerprint density at radius 1 is 1.14 bits per heavy atom. The van der Waals surface area contributed by atoms with Crippen LogP contribution in [0.25, 0.3) is 26.4 Å². The van der Waals surface area contributed by atoms with Crippen LogP contribution in [0, 0.1) is 6.92 Å². The molecule has 0 fully saturated rings. The zero-order valence-corrected chi connectivity index (χ0v) is 17.6. The fourth-order valence-electron chi connectivity index (χ4n) is 3.38. The van der Waals surface area contributed by atoms with Gasteiger partial charge in [0.25, 0.3) is 0 Å². The maximum atomic E-state index is 5.20. The largest absolute Gasteiger partial charge is 0.385 e. The van der Waals surface area contributed by atoms with Crippen LogP contribution >= 0.6 is 11.3 Å². The van der Waals surface area contributed by atoms with Gasteiger partial charge in [-0.25, -0.2) is 4.98 Å². The number of nitrogens with zero attached hydrogens (tertiary/aromatic N) is 3. The van der Waals surface area contributed by atoms with Crippen molar-refractivity contribution in [1.29, 1.82) is 0 Å². The number of aromatic nitrogens is 2. The van der Waals surface area contributed by atoms with E-state index in [-0.39, 0.29) is 0 Å². The zero-order chi connectivity index (χ0) is 19.7. The second-order valence-corrected chi connectivity index (χ2v) is 8.22. The molecule has 4 aromatic rings. The number of benzene rings is 2. The number of rotatable bonds is 7. The van der Waals surface area contributed by atoms with E-state index in [0.717, 1.165) is 41.6 Å². The Morgan fingerprint density at radius 2 is 1.93 bits per heavy atom. The molecule has 0 unspecified atom stereocenters. The van der Waals surface area contributed by atoms with Crippen molar-refractivity contribution in [1.82, 2.24) is 9.38 Å². The van der Waals surface area contributed by atoms with E-state index in [1.54, 1.807) is 18.4 Å². The molecule has 28 heavy (non-hydrogen) atoms. The van der Waals surface area contributed by atoms with E-state index in [9.17, 15) is 0 Å². The molecule has 2 aromatic carbocycles. The van der Waals surface area contributed by atoms with Crippen LogP contribution in [-0.2, 0) is 4.74 Å². The van der Waals surface area contributed by atoms with Crippen LogP contribution in [-0.4, -0.2) is 43.7 Å². The highest BCUT2D eigenvalue weighted by atomic mass is 32.1. The minimum absolute atomic E-state index is 0.741. The summed E-state index contributed by atoms with van der Waals surface area (Å²) < 4.78 is 8.72. The number of imidazole rings is 1. The molecule has 5 nitrogen and oxygen atoms in total. The Hall–Kier alpha value is -2.57. The average Bonchev–Trinajstić information content (AvgIpc) is 3.21. The van der Waals surface area contributed by atoms with Crippen molar-refractivity contribution in [3.63, 3.8) is 0 Å². The lowest BCUT2D eigenvalue weighted by Gasteiger charge is -2.13.